The van der Waals surface area contributed by atoms with Crippen LogP contribution < -0.4 is 5.32 Å². The highest BCUT2D eigenvalue weighted by Gasteiger charge is 2.25. The maximum absolute atomic E-state index is 12.9. The predicted molar refractivity (Wildman–Crippen MR) is 82.6 cm³/mol. The van der Waals surface area contributed by atoms with Crippen LogP contribution in [0.4, 0.5) is 4.39 Å². The van der Waals surface area contributed by atoms with Crippen LogP contribution in [0.5, 0.6) is 0 Å². The van der Waals surface area contributed by atoms with Crippen LogP contribution in [0, 0.1) is 5.82 Å². The standard InChI is InChI=1S/C14H12Cl2FNO2S/c1-14(20,8-2-4-9(17)5-3-8)7-18-13(19)10-6-11(15)21-12(10)16/h2-6,20H,7H2,1H3,(H,18,19). The fourth-order valence-electron chi connectivity index (χ4n) is 1.75. The van der Waals surface area contributed by atoms with Crippen LogP contribution in [0.1, 0.15) is 22.8 Å². The molecule has 1 aromatic heterocycles. The van der Waals surface area contributed by atoms with Crippen molar-refractivity contribution >= 4 is 40.4 Å². The van der Waals surface area contributed by atoms with E-state index in [1.54, 1.807) is 0 Å². The molecule has 0 saturated carbocycles. The lowest BCUT2D eigenvalue weighted by molar-refractivity contribution is 0.0526. The number of carbonyl (C=O) groups excluding carboxylic acids is 1. The average Bonchev–Trinajstić information content (AvgIpc) is 2.76. The van der Waals surface area contributed by atoms with Crippen LogP contribution in [0.3, 0.4) is 0 Å². The van der Waals surface area contributed by atoms with Crippen LogP contribution in [0.2, 0.25) is 8.67 Å². The normalized spacial score (nSPS) is 13.8. The summed E-state index contributed by atoms with van der Waals surface area (Å²) >= 11 is 12.8. The van der Waals surface area contributed by atoms with E-state index in [2.05, 4.69) is 5.32 Å². The van der Waals surface area contributed by atoms with E-state index >= 15 is 0 Å². The van der Waals surface area contributed by atoms with Gasteiger partial charge in [0.1, 0.15) is 15.8 Å². The summed E-state index contributed by atoms with van der Waals surface area (Å²) in [6.07, 6.45) is 0. The van der Waals surface area contributed by atoms with Gasteiger partial charge >= 0.3 is 0 Å². The Labute approximate surface area is 135 Å². The van der Waals surface area contributed by atoms with Crippen LogP contribution in [-0.4, -0.2) is 17.6 Å². The van der Waals surface area contributed by atoms with Gasteiger partial charge in [-0.3, -0.25) is 4.79 Å². The van der Waals surface area contributed by atoms with Gasteiger partial charge in [-0.15, -0.1) is 11.3 Å². The highest BCUT2D eigenvalue weighted by atomic mass is 35.5. The molecule has 0 radical (unpaired) electrons. The summed E-state index contributed by atoms with van der Waals surface area (Å²) in [5.74, 6) is -0.816. The number of benzene rings is 1. The first-order chi connectivity index (χ1) is 9.79. The van der Waals surface area contributed by atoms with Crippen LogP contribution in [0.25, 0.3) is 0 Å². The van der Waals surface area contributed by atoms with Crippen molar-refractivity contribution < 1.29 is 14.3 Å². The summed E-state index contributed by atoms with van der Waals surface area (Å²) in [7, 11) is 0. The number of aliphatic hydroxyl groups is 1. The molecule has 0 saturated heterocycles. The fourth-order valence-corrected chi connectivity index (χ4v) is 3.21. The zero-order chi connectivity index (χ0) is 15.6. The summed E-state index contributed by atoms with van der Waals surface area (Å²) in [5, 5.41) is 12.9. The SMILES string of the molecule is CC(O)(CNC(=O)c1cc(Cl)sc1Cl)c1ccc(F)cc1. The molecule has 0 aliphatic carbocycles. The summed E-state index contributed by atoms with van der Waals surface area (Å²) in [5.41, 5.74) is -0.560. The van der Waals surface area contributed by atoms with Crippen LogP contribution in [-0.2, 0) is 5.60 Å². The van der Waals surface area contributed by atoms with Gasteiger partial charge in [0, 0.05) is 0 Å². The average molecular weight is 348 g/mol. The molecule has 21 heavy (non-hydrogen) atoms. The number of thiophene rings is 1. The first kappa shape index (κ1) is 16.2. The summed E-state index contributed by atoms with van der Waals surface area (Å²) in [6.45, 7) is 1.49. The van der Waals surface area contributed by atoms with Crippen molar-refractivity contribution in [1.29, 1.82) is 0 Å². The number of nitrogens with one attached hydrogen (secondary N) is 1. The van der Waals surface area contributed by atoms with Crippen molar-refractivity contribution in [3.05, 3.63) is 55.9 Å². The van der Waals surface area contributed by atoms with Gasteiger partial charge in [0.15, 0.2) is 0 Å². The van der Waals surface area contributed by atoms with Gasteiger partial charge < -0.3 is 10.4 Å². The maximum atomic E-state index is 12.9. The van der Waals surface area contributed by atoms with Crippen molar-refractivity contribution in [2.75, 3.05) is 6.54 Å². The third kappa shape index (κ3) is 3.95. The minimum Gasteiger partial charge on any atom is -0.384 e. The second-order valence-corrected chi connectivity index (χ2v) is 6.99. The number of hydrogen-bond donors (Lipinski definition) is 2. The van der Waals surface area contributed by atoms with Gasteiger partial charge in [-0.2, -0.15) is 0 Å². The van der Waals surface area contributed by atoms with Gasteiger partial charge in [0.25, 0.3) is 5.91 Å². The monoisotopic (exact) mass is 347 g/mol. The first-order valence-electron chi connectivity index (χ1n) is 6.01. The number of amides is 1. The highest BCUT2D eigenvalue weighted by molar-refractivity contribution is 7.20. The molecule has 112 valence electrons. The zero-order valence-electron chi connectivity index (χ0n) is 11.0. The molecule has 3 nitrogen and oxygen atoms in total. The Balaban J connectivity index is 2.06. The van der Waals surface area contributed by atoms with E-state index in [1.807, 2.05) is 0 Å². The van der Waals surface area contributed by atoms with Crippen molar-refractivity contribution in [1.82, 2.24) is 5.32 Å². The van der Waals surface area contributed by atoms with E-state index in [1.165, 1.54) is 37.3 Å². The molecule has 7 heteroatoms. The minimum absolute atomic E-state index is 0.0404. The second-order valence-electron chi connectivity index (χ2n) is 4.70. The van der Waals surface area contributed by atoms with Gasteiger partial charge in [-0.05, 0) is 30.7 Å². The second kappa shape index (κ2) is 6.32. The quantitative estimate of drug-likeness (QED) is 0.882. The van der Waals surface area contributed by atoms with Crippen molar-refractivity contribution in [3.8, 4) is 0 Å². The molecule has 0 aliphatic rings. The first-order valence-corrected chi connectivity index (χ1v) is 7.58. The minimum atomic E-state index is -1.32. The molecule has 0 aliphatic heterocycles. The molecule has 1 atom stereocenters. The lowest BCUT2D eigenvalue weighted by atomic mass is 9.96. The Morgan fingerprint density at radius 1 is 1.38 bits per heavy atom. The zero-order valence-corrected chi connectivity index (χ0v) is 13.3. The van der Waals surface area contributed by atoms with Crippen LogP contribution in [0.15, 0.2) is 30.3 Å². The van der Waals surface area contributed by atoms with E-state index in [4.69, 9.17) is 23.2 Å². The van der Waals surface area contributed by atoms with E-state index in [0.717, 1.165) is 11.3 Å². The summed E-state index contributed by atoms with van der Waals surface area (Å²) < 4.78 is 13.6. The van der Waals surface area contributed by atoms with E-state index in [-0.39, 0.29) is 12.1 Å². The lowest BCUT2D eigenvalue weighted by Crippen LogP contribution is -2.38. The predicted octanol–water partition coefficient (Wildman–Crippen LogP) is 3.83. The number of carbonyl (C=O) groups is 1. The molecule has 2 N–H and O–H groups in total. The summed E-state index contributed by atoms with van der Waals surface area (Å²) in [4.78, 5) is 12.0. The van der Waals surface area contributed by atoms with Crippen molar-refractivity contribution in [2.24, 2.45) is 0 Å². The Kier molecular flexibility index (Phi) is 4.88. The molecule has 1 unspecified atom stereocenters. The Morgan fingerprint density at radius 2 is 2.00 bits per heavy atom. The van der Waals surface area contributed by atoms with Crippen molar-refractivity contribution in [3.63, 3.8) is 0 Å². The Morgan fingerprint density at radius 3 is 2.52 bits per heavy atom. The fraction of sp³-hybridized carbons (Fsp3) is 0.214. The smallest absolute Gasteiger partial charge is 0.253 e. The highest BCUT2D eigenvalue weighted by Crippen LogP contribution is 2.31. The molecule has 0 bridgehead atoms. The molecule has 2 rings (SSSR count). The molecule has 0 spiro atoms. The topological polar surface area (TPSA) is 49.3 Å². The third-order valence-electron chi connectivity index (χ3n) is 2.96. The maximum Gasteiger partial charge on any atom is 0.253 e. The Hall–Kier alpha value is -1.14. The number of rotatable bonds is 4. The molecular weight excluding hydrogens is 336 g/mol. The number of halogens is 3. The molecular formula is C14H12Cl2FNO2S. The van der Waals surface area contributed by atoms with Crippen LogP contribution >= 0.6 is 34.5 Å². The van der Waals surface area contributed by atoms with Gasteiger partial charge in [-0.1, -0.05) is 35.3 Å². The van der Waals surface area contributed by atoms with Gasteiger partial charge in [-0.25, -0.2) is 4.39 Å². The molecule has 2 aromatic rings. The Bertz CT molecular complexity index is 655. The summed E-state index contributed by atoms with van der Waals surface area (Å²) in [6, 6.07) is 6.91. The lowest BCUT2D eigenvalue weighted by Gasteiger charge is -2.24. The molecule has 1 heterocycles. The number of hydrogen-bond acceptors (Lipinski definition) is 3. The van der Waals surface area contributed by atoms with Gasteiger partial charge in [0.05, 0.1) is 16.4 Å². The van der Waals surface area contributed by atoms with E-state index in [9.17, 15) is 14.3 Å². The largest absolute Gasteiger partial charge is 0.384 e. The van der Waals surface area contributed by atoms with E-state index in [0.29, 0.717) is 14.2 Å². The molecule has 1 amide bonds. The van der Waals surface area contributed by atoms with E-state index < -0.39 is 17.3 Å². The van der Waals surface area contributed by atoms with Gasteiger partial charge in [0.2, 0.25) is 0 Å². The van der Waals surface area contributed by atoms with Crippen molar-refractivity contribution in [2.45, 2.75) is 12.5 Å². The molecule has 0 fully saturated rings. The third-order valence-corrected chi connectivity index (χ3v) is 4.45. The molecule has 1 aromatic carbocycles.